The van der Waals surface area contributed by atoms with Gasteiger partial charge in [-0.1, -0.05) is 83.1 Å². The highest BCUT2D eigenvalue weighted by atomic mass is 32.1. The first-order valence-electron chi connectivity index (χ1n) is 27.0. The summed E-state index contributed by atoms with van der Waals surface area (Å²) in [4.78, 5) is 56.9. The van der Waals surface area contributed by atoms with Crippen LogP contribution in [0, 0.1) is 6.92 Å². The maximum absolute atomic E-state index is 13.1. The van der Waals surface area contributed by atoms with Crippen molar-refractivity contribution in [3.8, 4) is 34.0 Å². The minimum absolute atomic E-state index is 0.0469. The number of benzene rings is 2. The van der Waals surface area contributed by atoms with Gasteiger partial charge in [-0.25, -0.2) is 19.7 Å². The van der Waals surface area contributed by atoms with Gasteiger partial charge in [-0.05, 0) is 106 Å². The Bertz CT molecular complexity index is 2740. The zero-order chi connectivity index (χ0) is 56.3. The number of likely N-dealkylation sites (tertiary alicyclic amines) is 2. The lowest BCUT2D eigenvalue weighted by Crippen LogP contribution is -2.41. The van der Waals surface area contributed by atoms with Crippen LogP contribution in [-0.2, 0) is 53.6 Å². The summed E-state index contributed by atoms with van der Waals surface area (Å²) in [6.07, 6.45) is 3.82. The number of aromatic nitrogens is 3. The van der Waals surface area contributed by atoms with E-state index in [1.165, 1.54) is 33.6 Å². The number of thiazole rings is 3. The third-order valence-electron chi connectivity index (χ3n) is 14.0. The molecule has 0 saturated carbocycles. The maximum Gasteiger partial charge on any atom is 0.410 e. The average Bonchev–Trinajstić information content (AvgIpc) is 4.10. The molecule has 0 N–H and O–H groups in total. The Morgan fingerprint density at radius 3 is 1.34 bits per heavy atom. The molecule has 0 aliphatic carbocycles. The monoisotopic (exact) mass is 1100 g/mol. The van der Waals surface area contributed by atoms with Crippen molar-refractivity contribution >= 4 is 52.0 Å². The van der Waals surface area contributed by atoms with Crippen LogP contribution < -0.4 is 9.47 Å². The standard InChI is InChI=1S/C33H45N3O4S2.C28H42N2O3S/c1-10-40-29(38)17-25-20(2)42-27(34-25)18-28(37)36-13-11-21(12-14-36)31-35-26(19-41-31)22-15-23(32(3,4)5)30(39-9)24(16-22)33(6,7)8;1-26(2,3)20-15-19(16-21(23(20)32-10)27(4,5)6)22-17-34-24(29-22)18-11-13-30(14-12-18)25(31)33-28(7,8)9/h15-16,19,21H,10-14,17-18H2,1-9H3;15-18H,11-14H2,1-10H3. The summed E-state index contributed by atoms with van der Waals surface area (Å²) in [5, 5.41) is 7.40. The molecule has 0 spiro atoms. The number of nitrogens with zero attached hydrogens (tertiary/aromatic N) is 5. The predicted molar refractivity (Wildman–Crippen MR) is 312 cm³/mol. The smallest absolute Gasteiger partial charge is 0.410 e. The van der Waals surface area contributed by atoms with Gasteiger partial charge in [0.05, 0.1) is 60.8 Å². The number of hydrogen-bond donors (Lipinski definition) is 0. The Balaban J connectivity index is 0.000000252. The second-order valence-electron chi connectivity index (χ2n) is 25.5. The van der Waals surface area contributed by atoms with Gasteiger partial charge in [-0.2, -0.15) is 0 Å². The molecule has 7 rings (SSSR count). The molecule has 15 heteroatoms. The molecule has 3 aromatic heterocycles. The zero-order valence-corrected chi connectivity index (χ0v) is 51.7. The first-order valence-corrected chi connectivity index (χ1v) is 29.6. The van der Waals surface area contributed by atoms with E-state index in [4.69, 9.17) is 28.9 Å². The van der Waals surface area contributed by atoms with E-state index in [0.29, 0.717) is 50.3 Å². The van der Waals surface area contributed by atoms with Gasteiger partial charge < -0.3 is 28.7 Å². The van der Waals surface area contributed by atoms with Gasteiger partial charge >= 0.3 is 12.1 Å². The molecule has 2 saturated heterocycles. The van der Waals surface area contributed by atoms with E-state index in [1.807, 2.05) is 37.5 Å². The van der Waals surface area contributed by atoms with Crippen molar-refractivity contribution < 1.29 is 33.3 Å². The molecule has 2 aliphatic rings. The quantitative estimate of drug-likeness (QED) is 0.118. The van der Waals surface area contributed by atoms with Gasteiger partial charge in [0.2, 0.25) is 5.91 Å². The van der Waals surface area contributed by atoms with Crippen molar-refractivity contribution in [3.05, 3.63) is 82.9 Å². The van der Waals surface area contributed by atoms with Crippen LogP contribution in [0.5, 0.6) is 11.5 Å². The minimum atomic E-state index is -0.464. The molecule has 2 amide bonds. The van der Waals surface area contributed by atoms with Gasteiger partial charge in [0.1, 0.15) is 22.1 Å². The molecule has 0 unspecified atom stereocenters. The van der Waals surface area contributed by atoms with E-state index < -0.39 is 5.60 Å². The number of esters is 1. The number of hydrogen-bond acceptors (Lipinski definition) is 13. The van der Waals surface area contributed by atoms with E-state index in [0.717, 1.165) is 79.6 Å². The molecule has 2 aliphatic heterocycles. The Kier molecular flexibility index (Phi) is 19.1. The summed E-state index contributed by atoms with van der Waals surface area (Å²) in [6, 6.07) is 8.98. The molecule has 0 atom stereocenters. The topological polar surface area (TPSA) is 133 Å². The first kappa shape index (κ1) is 60.4. The van der Waals surface area contributed by atoms with Crippen molar-refractivity contribution in [2.24, 2.45) is 0 Å². The molecule has 2 aromatic carbocycles. The highest BCUT2D eigenvalue weighted by Gasteiger charge is 2.33. The second kappa shape index (κ2) is 24.0. The maximum atomic E-state index is 13.1. The fourth-order valence-electron chi connectivity index (χ4n) is 9.77. The lowest BCUT2D eigenvalue weighted by atomic mass is 9.78. The van der Waals surface area contributed by atoms with Crippen LogP contribution >= 0.6 is 34.0 Å². The Morgan fingerprint density at radius 2 is 0.987 bits per heavy atom. The van der Waals surface area contributed by atoms with Crippen LogP contribution in [0.2, 0.25) is 0 Å². The van der Waals surface area contributed by atoms with Crippen LogP contribution in [-0.4, -0.2) is 95.3 Å². The van der Waals surface area contributed by atoms with E-state index in [9.17, 15) is 14.4 Å². The predicted octanol–water partition coefficient (Wildman–Crippen LogP) is 14.8. The zero-order valence-electron chi connectivity index (χ0n) is 49.2. The number of carbonyl (C=O) groups is 3. The normalized spacial score (nSPS) is 15.3. The van der Waals surface area contributed by atoms with Crippen LogP contribution in [0.15, 0.2) is 35.0 Å². The first-order chi connectivity index (χ1) is 35.3. The van der Waals surface area contributed by atoms with E-state index >= 15 is 0 Å². The van der Waals surface area contributed by atoms with Crippen molar-refractivity contribution in [1.82, 2.24) is 24.8 Å². The van der Waals surface area contributed by atoms with Crippen molar-refractivity contribution in [3.63, 3.8) is 0 Å². The molecule has 2 fully saturated rings. The summed E-state index contributed by atoms with van der Waals surface area (Å²) >= 11 is 4.94. The molecule has 416 valence electrons. The summed E-state index contributed by atoms with van der Waals surface area (Å²) < 4.78 is 22.5. The van der Waals surface area contributed by atoms with Crippen molar-refractivity contribution in [2.75, 3.05) is 47.0 Å². The minimum Gasteiger partial charge on any atom is -0.496 e. The number of rotatable bonds is 11. The van der Waals surface area contributed by atoms with Gasteiger partial charge in [-0.3, -0.25) is 9.59 Å². The summed E-state index contributed by atoms with van der Waals surface area (Å²) in [5.74, 6) is 2.47. The Labute approximate surface area is 466 Å². The van der Waals surface area contributed by atoms with E-state index in [2.05, 4.69) is 123 Å². The Morgan fingerprint density at radius 1 is 0.592 bits per heavy atom. The second-order valence-corrected chi connectivity index (χ2v) is 28.6. The number of carbonyl (C=O) groups excluding carboxylic acids is 3. The number of amides is 2. The third kappa shape index (κ3) is 15.2. The summed E-state index contributed by atoms with van der Waals surface area (Å²) in [5.41, 5.74) is 9.10. The molecular formula is C61H87N5O7S3. The summed E-state index contributed by atoms with van der Waals surface area (Å²) in [7, 11) is 3.53. The fourth-order valence-corrected chi connectivity index (χ4v) is 12.7. The highest BCUT2D eigenvalue weighted by Crippen LogP contribution is 2.45. The molecule has 0 radical (unpaired) electrons. The van der Waals surface area contributed by atoms with Crippen molar-refractivity contribution in [1.29, 1.82) is 0 Å². The van der Waals surface area contributed by atoms with Crippen molar-refractivity contribution in [2.45, 2.75) is 195 Å². The SMILES string of the molecule is CCOC(=O)Cc1nc(CC(=O)N2CCC(c3nc(-c4cc(C(C)(C)C)c(OC)c(C(C)(C)C)c4)cs3)CC2)sc1C.COc1c(C(C)(C)C)cc(-c2csc(C3CCN(C(=O)OC(C)(C)C)CC3)n2)cc1C(C)(C)C. The lowest BCUT2D eigenvalue weighted by molar-refractivity contribution is -0.142. The van der Waals surface area contributed by atoms with Gasteiger partial charge in [0.25, 0.3) is 0 Å². The number of ether oxygens (including phenoxy) is 4. The Hall–Kier alpha value is -4.86. The number of aryl methyl sites for hydroxylation is 1. The molecular weight excluding hydrogens is 1010 g/mol. The van der Waals surface area contributed by atoms with E-state index in [1.54, 1.807) is 43.8 Å². The van der Waals surface area contributed by atoms with Gasteiger partial charge in [0, 0.05) is 87.0 Å². The van der Waals surface area contributed by atoms with Crippen LogP contribution in [0.1, 0.15) is 196 Å². The summed E-state index contributed by atoms with van der Waals surface area (Å²) in [6.45, 7) is 39.3. The van der Waals surface area contributed by atoms with E-state index in [-0.39, 0.29) is 52.5 Å². The van der Waals surface area contributed by atoms with Crippen LogP contribution in [0.25, 0.3) is 22.5 Å². The highest BCUT2D eigenvalue weighted by molar-refractivity contribution is 7.11. The molecule has 12 nitrogen and oxygen atoms in total. The molecule has 5 aromatic rings. The lowest BCUT2D eigenvalue weighted by Gasteiger charge is -2.32. The molecule has 0 bridgehead atoms. The average molecular weight is 1100 g/mol. The van der Waals surface area contributed by atoms with Crippen LogP contribution in [0.3, 0.4) is 0 Å². The number of piperidine rings is 2. The molecule has 5 heterocycles. The van der Waals surface area contributed by atoms with Crippen LogP contribution in [0.4, 0.5) is 4.79 Å². The largest absolute Gasteiger partial charge is 0.496 e. The van der Waals surface area contributed by atoms with Gasteiger partial charge in [-0.15, -0.1) is 34.0 Å². The number of methoxy groups -OCH3 is 2. The molecule has 76 heavy (non-hydrogen) atoms. The van der Waals surface area contributed by atoms with Gasteiger partial charge in [0.15, 0.2) is 0 Å². The fraction of sp³-hybridized carbons (Fsp3) is 0.607. The third-order valence-corrected chi connectivity index (χ3v) is 17.0.